The van der Waals surface area contributed by atoms with Crippen molar-refractivity contribution in [3.8, 4) is 24.7 Å². The molecule has 2 nitrogen and oxygen atoms in total. The summed E-state index contributed by atoms with van der Waals surface area (Å²) in [6, 6.07) is 0. The van der Waals surface area contributed by atoms with Crippen molar-refractivity contribution >= 4 is 0 Å². The monoisotopic (exact) mass is 109 g/mol. The lowest BCUT2D eigenvalue weighted by atomic mass is 10.6. The molecule has 0 aliphatic carbocycles. The van der Waals surface area contributed by atoms with Crippen molar-refractivity contribution < 1.29 is 9.84 Å². The first-order valence-electron chi connectivity index (χ1n) is 1.90. The van der Waals surface area contributed by atoms with Crippen LogP contribution >= 0.6 is 0 Å². The Kier molecular flexibility index (Phi) is 3.70. The molecule has 2 heteroatoms. The smallest absolute Gasteiger partial charge is 0.301 e. The maximum absolute atomic E-state index is 8.35. The molecule has 0 aliphatic heterocycles. The average Bonchev–Trinajstić information content (AvgIpc) is 1.83. The number of aliphatic hydroxyl groups is 1. The van der Waals surface area contributed by atoms with Gasteiger partial charge in [-0.25, -0.2) is 0 Å². The predicted octanol–water partition coefficient (Wildman–Crippen LogP) is 0.131. The van der Waals surface area contributed by atoms with Crippen LogP contribution in [0.25, 0.3) is 0 Å². The minimum absolute atomic E-state index is 0.00995. The summed E-state index contributed by atoms with van der Waals surface area (Å²) < 4.78 is 4.34. The molecule has 0 spiro atoms. The molecular formula is C6H5O2. The lowest BCUT2D eigenvalue weighted by Gasteiger charge is -1.95. The van der Waals surface area contributed by atoms with Gasteiger partial charge in [0.1, 0.15) is 6.61 Å². The van der Waals surface area contributed by atoms with Crippen LogP contribution in [0, 0.1) is 31.0 Å². The molecule has 0 aromatic rings. The third kappa shape index (κ3) is 3.24. The van der Waals surface area contributed by atoms with Crippen LogP contribution in [-0.2, 0) is 4.74 Å². The van der Waals surface area contributed by atoms with E-state index in [1.807, 2.05) is 5.92 Å². The summed E-state index contributed by atoms with van der Waals surface area (Å²) in [7, 11) is 0. The molecule has 8 heavy (non-hydrogen) atoms. The Morgan fingerprint density at radius 2 is 2.25 bits per heavy atom. The van der Waals surface area contributed by atoms with Crippen molar-refractivity contribution in [2.24, 2.45) is 0 Å². The molecule has 0 aromatic carbocycles. The molecule has 0 fully saturated rings. The molecule has 0 unspecified atom stereocenters. The maximum atomic E-state index is 8.35. The molecule has 0 aromatic heterocycles. The summed E-state index contributed by atoms with van der Waals surface area (Å²) in [4.78, 5) is 0. The summed E-state index contributed by atoms with van der Waals surface area (Å²) in [6.07, 6.45) is 8.98. The molecule has 0 rings (SSSR count). The summed E-state index contributed by atoms with van der Waals surface area (Å²) in [5.41, 5.74) is 0. The number of hydrogen-bond donors (Lipinski definition) is 1. The van der Waals surface area contributed by atoms with E-state index in [0.717, 1.165) is 0 Å². The molecule has 1 N–H and O–H groups in total. The van der Waals surface area contributed by atoms with Gasteiger partial charge in [-0.2, -0.15) is 0 Å². The van der Waals surface area contributed by atoms with Gasteiger partial charge in [-0.05, 0) is 5.92 Å². The van der Waals surface area contributed by atoms with E-state index >= 15 is 0 Å². The molecular weight excluding hydrogens is 104 g/mol. The summed E-state index contributed by atoms with van der Waals surface area (Å²) in [6.45, 7) is 0.00995. The van der Waals surface area contributed by atoms with E-state index in [-0.39, 0.29) is 6.61 Å². The van der Waals surface area contributed by atoms with Gasteiger partial charge in [0.2, 0.25) is 0 Å². The first-order valence-corrected chi connectivity index (χ1v) is 1.90. The summed E-state index contributed by atoms with van der Waals surface area (Å²) >= 11 is 0. The van der Waals surface area contributed by atoms with Gasteiger partial charge in [0, 0.05) is 0 Å². The Balaban J connectivity index is 3.18. The highest BCUT2D eigenvalue weighted by Gasteiger charge is 1.95. The molecule has 0 aliphatic rings. The van der Waals surface area contributed by atoms with Gasteiger partial charge in [0.05, 0.1) is 0 Å². The Labute approximate surface area is 48.5 Å². The zero-order valence-corrected chi connectivity index (χ0v) is 4.22. The fourth-order valence-corrected chi connectivity index (χ4v) is 0.152. The van der Waals surface area contributed by atoms with E-state index < -0.39 is 6.29 Å². The number of ether oxygens (including phenoxy) is 1. The Hall–Kier alpha value is -0.960. The highest BCUT2D eigenvalue weighted by atomic mass is 16.6. The standard InChI is InChI=1S/C6H5O2/c1-3-5-8-6(7)4-2/h1-2,7H,5H2. The molecule has 0 atom stereocenters. The van der Waals surface area contributed by atoms with E-state index in [1.165, 1.54) is 0 Å². The zero-order valence-electron chi connectivity index (χ0n) is 4.22. The van der Waals surface area contributed by atoms with E-state index in [4.69, 9.17) is 11.5 Å². The van der Waals surface area contributed by atoms with Gasteiger partial charge in [-0.1, -0.05) is 5.92 Å². The van der Waals surface area contributed by atoms with Gasteiger partial charge >= 0.3 is 6.29 Å². The van der Waals surface area contributed by atoms with Crippen LogP contribution in [0.4, 0.5) is 0 Å². The van der Waals surface area contributed by atoms with Gasteiger partial charge in [-0.3, -0.25) is 0 Å². The van der Waals surface area contributed by atoms with Gasteiger partial charge in [0.15, 0.2) is 0 Å². The second-order valence-corrected chi connectivity index (χ2v) is 0.942. The third-order valence-corrected chi connectivity index (χ3v) is 0.416. The van der Waals surface area contributed by atoms with Crippen molar-refractivity contribution in [1.29, 1.82) is 0 Å². The van der Waals surface area contributed by atoms with Crippen LogP contribution < -0.4 is 0 Å². The van der Waals surface area contributed by atoms with Gasteiger partial charge in [-0.15, -0.1) is 12.8 Å². The zero-order chi connectivity index (χ0) is 6.41. The van der Waals surface area contributed by atoms with Crippen molar-refractivity contribution in [2.45, 2.75) is 0 Å². The number of rotatable bonds is 2. The first kappa shape index (κ1) is 7.04. The van der Waals surface area contributed by atoms with Crippen LogP contribution in [0.15, 0.2) is 0 Å². The minimum atomic E-state index is -0.469. The fourth-order valence-electron chi connectivity index (χ4n) is 0.152. The van der Waals surface area contributed by atoms with E-state index in [9.17, 15) is 0 Å². The first-order chi connectivity index (χ1) is 3.81. The maximum Gasteiger partial charge on any atom is 0.301 e. The lowest BCUT2D eigenvalue weighted by Crippen LogP contribution is -1.98. The second-order valence-electron chi connectivity index (χ2n) is 0.942. The van der Waals surface area contributed by atoms with Crippen molar-refractivity contribution in [3.63, 3.8) is 0 Å². The van der Waals surface area contributed by atoms with Crippen LogP contribution in [0.1, 0.15) is 0 Å². The minimum Gasteiger partial charge on any atom is -0.351 e. The Morgan fingerprint density at radius 1 is 1.62 bits per heavy atom. The summed E-state index contributed by atoms with van der Waals surface area (Å²) in [5, 5.41) is 8.35. The van der Waals surface area contributed by atoms with E-state index in [2.05, 4.69) is 17.1 Å². The van der Waals surface area contributed by atoms with Gasteiger partial charge < -0.3 is 9.84 Å². The normalized spacial score (nSPS) is 8.00. The van der Waals surface area contributed by atoms with Crippen LogP contribution in [-0.4, -0.2) is 11.7 Å². The van der Waals surface area contributed by atoms with E-state index in [0.29, 0.717) is 0 Å². The highest BCUT2D eigenvalue weighted by Crippen LogP contribution is 1.90. The number of terminal acetylenes is 2. The highest BCUT2D eigenvalue weighted by molar-refractivity contribution is 5.02. The summed E-state index contributed by atoms with van der Waals surface area (Å²) in [5.74, 6) is 3.99. The van der Waals surface area contributed by atoms with Gasteiger partial charge in [0.25, 0.3) is 0 Å². The molecule has 0 amide bonds. The molecule has 0 bridgehead atoms. The lowest BCUT2D eigenvalue weighted by molar-refractivity contribution is 0.0566. The number of aliphatic hydroxyl groups excluding tert-OH is 1. The van der Waals surface area contributed by atoms with Crippen molar-refractivity contribution in [3.05, 3.63) is 6.29 Å². The molecule has 1 radical (unpaired) electrons. The molecule has 0 heterocycles. The number of hydrogen-bond acceptors (Lipinski definition) is 2. The second kappa shape index (κ2) is 4.21. The molecule has 0 saturated carbocycles. The van der Waals surface area contributed by atoms with Crippen LogP contribution in [0.3, 0.4) is 0 Å². The van der Waals surface area contributed by atoms with Crippen molar-refractivity contribution in [2.75, 3.05) is 6.61 Å². The quantitative estimate of drug-likeness (QED) is 0.511. The Bertz CT molecular complexity index is 126. The molecule has 0 saturated heterocycles. The van der Waals surface area contributed by atoms with Crippen LogP contribution in [0.5, 0.6) is 0 Å². The predicted molar refractivity (Wildman–Crippen MR) is 28.8 cm³/mol. The van der Waals surface area contributed by atoms with E-state index in [1.54, 1.807) is 0 Å². The third-order valence-electron chi connectivity index (χ3n) is 0.416. The van der Waals surface area contributed by atoms with Crippen molar-refractivity contribution in [1.82, 2.24) is 0 Å². The SMILES string of the molecule is C#CCO[C](O)C#C. The van der Waals surface area contributed by atoms with Crippen LogP contribution in [0.2, 0.25) is 0 Å². The topological polar surface area (TPSA) is 29.5 Å². The Morgan fingerprint density at radius 3 is 2.62 bits per heavy atom. The average molecular weight is 109 g/mol. The largest absolute Gasteiger partial charge is 0.351 e. The molecule has 41 valence electrons. The fraction of sp³-hybridized carbons (Fsp3) is 0.167.